The van der Waals surface area contributed by atoms with Gasteiger partial charge in [0.1, 0.15) is 4.90 Å². The van der Waals surface area contributed by atoms with Crippen LogP contribution >= 0.6 is 0 Å². The van der Waals surface area contributed by atoms with Crippen LogP contribution in [-0.4, -0.2) is 76.6 Å². The Balaban J connectivity index is 0. The van der Waals surface area contributed by atoms with Gasteiger partial charge in [0.2, 0.25) is 0 Å². The zero-order valence-corrected chi connectivity index (χ0v) is 16.3. The Hall–Kier alpha value is -0.510. The summed E-state index contributed by atoms with van der Waals surface area (Å²) in [6.07, 6.45) is 0. The summed E-state index contributed by atoms with van der Waals surface area (Å²) in [5.41, 5.74) is 5.09. The van der Waals surface area contributed by atoms with Gasteiger partial charge in [-0.25, -0.2) is 0 Å². The molecule has 130 valence electrons. The van der Waals surface area contributed by atoms with E-state index >= 15 is 0 Å². The van der Waals surface area contributed by atoms with Gasteiger partial charge in [0.05, 0.1) is 9.79 Å². The monoisotopic (exact) mass is 425 g/mol. The van der Waals surface area contributed by atoms with E-state index in [1.165, 1.54) is 0 Å². The molecule has 24 heavy (non-hydrogen) atoms. The van der Waals surface area contributed by atoms with Crippen molar-refractivity contribution >= 4 is 84.6 Å². The maximum absolute atomic E-state index is 11.4. The second-order valence-corrected chi connectivity index (χ2v) is 8.69. The van der Waals surface area contributed by atoms with Crippen molar-refractivity contribution in [1.82, 2.24) is 0 Å². The fraction of sp³-hybridized carbons (Fsp3) is 0. The van der Waals surface area contributed by atoms with Gasteiger partial charge >= 0.3 is 37.7 Å². The summed E-state index contributed by atoms with van der Waals surface area (Å²) in [4.78, 5) is -2.58. The van der Waals surface area contributed by atoms with Crippen molar-refractivity contribution in [1.29, 1.82) is 0 Å². The van der Waals surface area contributed by atoms with Crippen LogP contribution in [0.15, 0.2) is 39.0 Å². The molecule has 0 amide bonds. The number of hydrogen-bond donors (Lipinski definition) is 4. The molecule has 0 aliphatic rings. The standard InChI is InChI=1S/C10H9NO9S3.Ca.2H/c11-8-3-6(21(12,13)14)1-5-2-7(22(15,16)17)4-9(10(5)8)23(18,19)20;;;/h1-4H,11H2,(H,12,13,14)(H,15,16,17)(H,18,19,20);;;/q;+2;2*-1. The van der Waals surface area contributed by atoms with Crippen LogP contribution in [0, 0.1) is 0 Å². The van der Waals surface area contributed by atoms with E-state index in [2.05, 4.69) is 0 Å². The molecule has 0 radical (unpaired) electrons. The molecule has 0 heterocycles. The summed E-state index contributed by atoms with van der Waals surface area (Å²) >= 11 is 0. The van der Waals surface area contributed by atoms with Crippen LogP contribution in [0.4, 0.5) is 5.69 Å². The number of hydrogen-bond acceptors (Lipinski definition) is 7. The van der Waals surface area contributed by atoms with Crippen molar-refractivity contribution in [3.63, 3.8) is 0 Å². The smallest absolute Gasteiger partial charge is 1.00 e. The molecule has 0 saturated heterocycles. The number of rotatable bonds is 3. The minimum atomic E-state index is -4.95. The third kappa shape index (κ3) is 4.36. The van der Waals surface area contributed by atoms with Crippen molar-refractivity contribution in [3.8, 4) is 0 Å². The molecule has 0 fully saturated rings. The first-order chi connectivity index (χ1) is 10.2. The van der Waals surface area contributed by atoms with E-state index in [9.17, 15) is 29.8 Å². The third-order valence-corrected chi connectivity index (χ3v) is 5.40. The molecule has 2 aromatic rings. The first-order valence-corrected chi connectivity index (χ1v) is 9.83. The topological polar surface area (TPSA) is 189 Å². The molecule has 5 N–H and O–H groups in total. The maximum atomic E-state index is 11.4. The van der Waals surface area contributed by atoms with E-state index in [-0.39, 0.29) is 51.4 Å². The minimum Gasteiger partial charge on any atom is -1.00 e. The molecular weight excluding hydrogens is 414 g/mol. The Morgan fingerprint density at radius 1 is 0.750 bits per heavy atom. The van der Waals surface area contributed by atoms with Gasteiger partial charge in [-0.15, -0.1) is 0 Å². The van der Waals surface area contributed by atoms with E-state index < -0.39 is 50.7 Å². The molecular formula is C10H11CaNO9S3. The van der Waals surface area contributed by atoms with E-state index in [1.54, 1.807) is 0 Å². The summed E-state index contributed by atoms with van der Waals surface area (Å²) in [7, 11) is -14.5. The van der Waals surface area contributed by atoms with Crippen LogP contribution in [0.3, 0.4) is 0 Å². The number of nitrogen functional groups attached to an aromatic ring is 1. The van der Waals surface area contributed by atoms with Crippen molar-refractivity contribution in [2.75, 3.05) is 5.73 Å². The van der Waals surface area contributed by atoms with Crippen molar-refractivity contribution in [3.05, 3.63) is 24.3 Å². The van der Waals surface area contributed by atoms with E-state index in [4.69, 9.17) is 14.8 Å². The summed E-state index contributed by atoms with van der Waals surface area (Å²) in [6, 6.07) is 2.69. The Morgan fingerprint density at radius 2 is 1.17 bits per heavy atom. The number of benzene rings is 2. The van der Waals surface area contributed by atoms with Crippen LogP contribution in [0.5, 0.6) is 0 Å². The molecule has 2 rings (SSSR count). The Bertz CT molecular complexity index is 1140. The number of fused-ring (bicyclic) bond motifs is 1. The quantitative estimate of drug-likeness (QED) is 0.296. The minimum absolute atomic E-state index is 0. The molecule has 0 saturated carbocycles. The molecule has 0 aliphatic heterocycles. The molecule has 10 nitrogen and oxygen atoms in total. The zero-order valence-electron chi connectivity index (χ0n) is 13.6. The van der Waals surface area contributed by atoms with Gasteiger partial charge in [0.25, 0.3) is 30.4 Å². The molecule has 0 unspecified atom stereocenters. The molecule has 14 heteroatoms. The van der Waals surface area contributed by atoms with Crippen LogP contribution in [-0.2, 0) is 30.4 Å². The van der Waals surface area contributed by atoms with Gasteiger partial charge in [-0.2, -0.15) is 25.3 Å². The van der Waals surface area contributed by atoms with Gasteiger partial charge < -0.3 is 8.59 Å². The molecule has 0 atom stereocenters. The van der Waals surface area contributed by atoms with Gasteiger partial charge in [-0.3, -0.25) is 13.7 Å². The van der Waals surface area contributed by atoms with E-state index in [1.807, 2.05) is 0 Å². The zero-order chi connectivity index (χ0) is 17.8. The molecule has 2 aromatic carbocycles. The van der Waals surface area contributed by atoms with Crippen molar-refractivity contribution in [2.45, 2.75) is 14.7 Å². The van der Waals surface area contributed by atoms with Gasteiger partial charge in [0.15, 0.2) is 0 Å². The summed E-state index contributed by atoms with van der Waals surface area (Å²) in [5.74, 6) is 0. The SMILES string of the molecule is Nc1cc(S(=O)(=O)O)cc2cc(S(=O)(=O)O)cc(S(=O)(=O)O)c12.[Ca+2].[H-].[H-]. The summed E-state index contributed by atoms with van der Waals surface area (Å²) in [6.45, 7) is 0. The normalized spacial score (nSPS) is 12.8. The second kappa shape index (κ2) is 6.66. The van der Waals surface area contributed by atoms with Crippen molar-refractivity contribution < 1.29 is 41.8 Å². The first-order valence-electron chi connectivity index (χ1n) is 5.51. The number of anilines is 1. The molecule has 0 aliphatic carbocycles. The average molecular weight is 425 g/mol. The van der Waals surface area contributed by atoms with Gasteiger partial charge in [-0.05, 0) is 29.7 Å². The molecule has 0 spiro atoms. The van der Waals surface area contributed by atoms with Crippen LogP contribution in [0.25, 0.3) is 10.8 Å². The molecule has 0 aromatic heterocycles. The number of nitrogens with two attached hydrogens (primary N) is 1. The third-order valence-electron chi connectivity index (χ3n) is 2.86. The predicted molar refractivity (Wildman–Crippen MR) is 85.8 cm³/mol. The fourth-order valence-corrected chi connectivity index (χ4v) is 3.89. The predicted octanol–water partition coefficient (Wildman–Crippen LogP) is 0.00630. The summed E-state index contributed by atoms with van der Waals surface area (Å²) in [5, 5.41) is -0.715. The van der Waals surface area contributed by atoms with E-state index in [0.717, 1.165) is 18.2 Å². The second-order valence-electron chi connectivity index (χ2n) is 4.46. The Morgan fingerprint density at radius 3 is 1.54 bits per heavy atom. The van der Waals surface area contributed by atoms with Gasteiger partial charge in [0, 0.05) is 11.1 Å². The van der Waals surface area contributed by atoms with Crippen LogP contribution < -0.4 is 5.73 Å². The van der Waals surface area contributed by atoms with Gasteiger partial charge in [-0.1, -0.05) is 0 Å². The molecule has 0 bridgehead atoms. The Labute approximate surface area is 169 Å². The van der Waals surface area contributed by atoms with Crippen molar-refractivity contribution in [2.24, 2.45) is 0 Å². The summed E-state index contributed by atoms with van der Waals surface area (Å²) < 4.78 is 94.8. The van der Waals surface area contributed by atoms with Crippen LogP contribution in [0.1, 0.15) is 2.85 Å². The fourth-order valence-electron chi connectivity index (χ4n) is 1.96. The average Bonchev–Trinajstić information content (AvgIpc) is 2.33. The van der Waals surface area contributed by atoms with Crippen LogP contribution in [0.2, 0.25) is 0 Å². The Kier molecular flexibility index (Phi) is 5.98. The first kappa shape index (κ1) is 21.5. The largest absolute Gasteiger partial charge is 2.00 e. The maximum Gasteiger partial charge on any atom is 2.00 e. The van der Waals surface area contributed by atoms with E-state index in [0.29, 0.717) is 6.07 Å².